The SMILES string of the molecule is COC(C)CCC(=O)Nc1cc(C)c(N)cc1C. The number of anilines is 2. The predicted molar refractivity (Wildman–Crippen MR) is 74.7 cm³/mol. The molecule has 0 heterocycles. The number of ether oxygens (including phenoxy) is 1. The lowest BCUT2D eigenvalue weighted by Crippen LogP contribution is -2.16. The van der Waals surface area contributed by atoms with E-state index in [1.54, 1.807) is 7.11 Å². The van der Waals surface area contributed by atoms with Crippen LogP contribution in [0.15, 0.2) is 12.1 Å². The molecule has 0 aromatic heterocycles. The number of nitrogens with two attached hydrogens (primary N) is 1. The van der Waals surface area contributed by atoms with Gasteiger partial charge in [-0.3, -0.25) is 4.79 Å². The third-order valence-electron chi connectivity index (χ3n) is 3.07. The first kappa shape index (κ1) is 14.5. The van der Waals surface area contributed by atoms with Gasteiger partial charge in [-0.25, -0.2) is 0 Å². The van der Waals surface area contributed by atoms with Gasteiger partial charge in [0, 0.05) is 24.9 Å². The monoisotopic (exact) mass is 250 g/mol. The average Bonchev–Trinajstić information content (AvgIpc) is 2.33. The maximum atomic E-state index is 11.8. The van der Waals surface area contributed by atoms with Gasteiger partial charge in [-0.15, -0.1) is 0 Å². The lowest BCUT2D eigenvalue weighted by molar-refractivity contribution is -0.116. The highest BCUT2D eigenvalue weighted by Gasteiger charge is 2.08. The smallest absolute Gasteiger partial charge is 0.224 e. The average molecular weight is 250 g/mol. The third kappa shape index (κ3) is 4.04. The van der Waals surface area contributed by atoms with Gasteiger partial charge in [0.15, 0.2) is 0 Å². The Balaban J connectivity index is 2.62. The van der Waals surface area contributed by atoms with E-state index in [1.807, 2.05) is 32.9 Å². The fraction of sp³-hybridized carbons (Fsp3) is 0.500. The van der Waals surface area contributed by atoms with E-state index in [0.29, 0.717) is 6.42 Å². The Labute approximate surface area is 109 Å². The Kier molecular flexibility index (Phi) is 5.16. The lowest BCUT2D eigenvalue weighted by atomic mass is 10.1. The number of hydrogen-bond acceptors (Lipinski definition) is 3. The standard InChI is InChI=1S/C14H22N2O2/c1-9-8-13(10(2)7-12(9)15)16-14(17)6-5-11(3)18-4/h7-8,11H,5-6,15H2,1-4H3,(H,16,17). The molecule has 0 saturated carbocycles. The predicted octanol–water partition coefficient (Wildman–Crippen LogP) is 2.64. The highest BCUT2D eigenvalue weighted by Crippen LogP contribution is 2.22. The first-order chi connectivity index (χ1) is 8.43. The molecule has 3 N–H and O–H groups in total. The van der Waals surface area contributed by atoms with E-state index in [9.17, 15) is 4.79 Å². The Bertz CT molecular complexity index is 430. The van der Waals surface area contributed by atoms with E-state index in [-0.39, 0.29) is 12.0 Å². The van der Waals surface area contributed by atoms with Crippen LogP contribution < -0.4 is 11.1 Å². The molecule has 0 spiro atoms. The summed E-state index contributed by atoms with van der Waals surface area (Å²) in [6.07, 6.45) is 1.28. The number of methoxy groups -OCH3 is 1. The van der Waals surface area contributed by atoms with Crippen molar-refractivity contribution in [2.24, 2.45) is 0 Å². The van der Waals surface area contributed by atoms with Crippen LogP contribution in [0, 0.1) is 13.8 Å². The van der Waals surface area contributed by atoms with Crippen molar-refractivity contribution in [1.82, 2.24) is 0 Å². The minimum atomic E-state index is 0.00571. The lowest BCUT2D eigenvalue weighted by Gasteiger charge is -2.12. The fourth-order valence-corrected chi connectivity index (χ4v) is 1.64. The summed E-state index contributed by atoms with van der Waals surface area (Å²) in [5.41, 5.74) is 9.34. The molecule has 0 fully saturated rings. The molecule has 0 bridgehead atoms. The van der Waals surface area contributed by atoms with Crippen LogP contribution in [-0.4, -0.2) is 19.1 Å². The molecule has 0 radical (unpaired) electrons. The minimum Gasteiger partial charge on any atom is -0.399 e. The van der Waals surface area contributed by atoms with E-state index in [4.69, 9.17) is 10.5 Å². The quantitative estimate of drug-likeness (QED) is 0.790. The zero-order chi connectivity index (χ0) is 13.7. The Hall–Kier alpha value is -1.55. The van der Waals surface area contributed by atoms with E-state index < -0.39 is 0 Å². The zero-order valence-electron chi connectivity index (χ0n) is 11.5. The molecule has 1 unspecified atom stereocenters. The van der Waals surface area contributed by atoms with Gasteiger partial charge < -0.3 is 15.8 Å². The fourth-order valence-electron chi connectivity index (χ4n) is 1.64. The first-order valence-electron chi connectivity index (χ1n) is 6.13. The number of benzene rings is 1. The summed E-state index contributed by atoms with van der Waals surface area (Å²) in [7, 11) is 1.65. The number of nitrogens with one attached hydrogen (secondary N) is 1. The summed E-state index contributed by atoms with van der Waals surface area (Å²) in [6, 6.07) is 3.78. The van der Waals surface area contributed by atoms with Crippen LogP contribution >= 0.6 is 0 Å². The Morgan fingerprint density at radius 1 is 1.39 bits per heavy atom. The third-order valence-corrected chi connectivity index (χ3v) is 3.07. The Morgan fingerprint density at radius 2 is 2.06 bits per heavy atom. The van der Waals surface area contributed by atoms with Crippen LogP contribution in [0.2, 0.25) is 0 Å². The molecule has 1 aromatic rings. The van der Waals surface area contributed by atoms with Gasteiger partial charge in [-0.05, 0) is 50.5 Å². The molecule has 0 aliphatic carbocycles. The summed E-state index contributed by atoms with van der Waals surface area (Å²) in [5, 5.41) is 2.91. The van der Waals surface area contributed by atoms with Crippen molar-refractivity contribution in [3.05, 3.63) is 23.3 Å². The number of hydrogen-bond donors (Lipinski definition) is 2. The van der Waals surface area contributed by atoms with Crippen molar-refractivity contribution < 1.29 is 9.53 Å². The van der Waals surface area contributed by atoms with Gasteiger partial charge in [0.2, 0.25) is 5.91 Å². The summed E-state index contributed by atoms with van der Waals surface area (Å²) in [4.78, 5) is 11.8. The molecule has 0 saturated heterocycles. The highest BCUT2D eigenvalue weighted by molar-refractivity contribution is 5.92. The van der Waals surface area contributed by atoms with Crippen molar-refractivity contribution in [3.8, 4) is 0 Å². The highest BCUT2D eigenvalue weighted by atomic mass is 16.5. The van der Waals surface area contributed by atoms with Crippen molar-refractivity contribution >= 4 is 17.3 Å². The second-order valence-electron chi connectivity index (χ2n) is 4.66. The Morgan fingerprint density at radius 3 is 2.67 bits per heavy atom. The van der Waals surface area contributed by atoms with Gasteiger partial charge in [0.1, 0.15) is 0 Å². The number of nitrogen functional groups attached to an aromatic ring is 1. The molecule has 4 heteroatoms. The molecule has 1 aromatic carbocycles. The maximum Gasteiger partial charge on any atom is 0.224 e. The van der Waals surface area contributed by atoms with E-state index in [1.165, 1.54) is 0 Å². The van der Waals surface area contributed by atoms with Crippen molar-refractivity contribution in [2.75, 3.05) is 18.2 Å². The van der Waals surface area contributed by atoms with Crippen LogP contribution in [0.4, 0.5) is 11.4 Å². The van der Waals surface area contributed by atoms with Crippen LogP contribution in [0.3, 0.4) is 0 Å². The molecule has 1 atom stereocenters. The van der Waals surface area contributed by atoms with E-state index >= 15 is 0 Å². The zero-order valence-corrected chi connectivity index (χ0v) is 11.5. The number of carbonyl (C=O) groups excluding carboxylic acids is 1. The van der Waals surface area contributed by atoms with Gasteiger partial charge in [0.25, 0.3) is 0 Å². The van der Waals surface area contributed by atoms with Crippen molar-refractivity contribution in [1.29, 1.82) is 0 Å². The number of carbonyl (C=O) groups is 1. The molecule has 0 aliphatic heterocycles. The summed E-state index contributed by atoms with van der Waals surface area (Å²) >= 11 is 0. The van der Waals surface area contributed by atoms with Gasteiger partial charge in [-0.2, -0.15) is 0 Å². The number of rotatable bonds is 5. The molecule has 0 aliphatic rings. The van der Waals surface area contributed by atoms with Gasteiger partial charge in [0.05, 0.1) is 6.10 Å². The first-order valence-corrected chi connectivity index (χ1v) is 6.13. The molecular weight excluding hydrogens is 228 g/mol. The van der Waals surface area contributed by atoms with E-state index in [2.05, 4.69) is 5.32 Å². The minimum absolute atomic E-state index is 0.00571. The second-order valence-corrected chi connectivity index (χ2v) is 4.66. The van der Waals surface area contributed by atoms with Crippen LogP contribution in [0.5, 0.6) is 0 Å². The molecule has 1 rings (SSSR count). The molecule has 100 valence electrons. The molecule has 1 amide bonds. The van der Waals surface area contributed by atoms with Crippen LogP contribution in [0.25, 0.3) is 0 Å². The van der Waals surface area contributed by atoms with E-state index in [0.717, 1.165) is 28.9 Å². The van der Waals surface area contributed by atoms with Crippen molar-refractivity contribution in [3.63, 3.8) is 0 Å². The second kappa shape index (κ2) is 6.40. The largest absolute Gasteiger partial charge is 0.399 e. The number of amides is 1. The topological polar surface area (TPSA) is 64.3 Å². The van der Waals surface area contributed by atoms with Crippen LogP contribution in [0.1, 0.15) is 30.9 Å². The van der Waals surface area contributed by atoms with Crippen LogP contribution in [-0.2, 0) is 9.53 Å². The summed E-state index contributed by atoms with van der Waals surface area (Å²) in [5.74, 6) is 0.00571. The number of aryl methyl sites for hydroxylation is 2. The maximum absolute atomic E-state index is 11.8. The van der Waals surface area contributed by atoms with Gasteiger partial charge >= 0.3 is 0 Å². The molecular formula is C14H22N2O2. The normalized spacial score (nSPS) is 12.2. The van der Waals surface area contributed by atoms with Gasteiger partial charge in [-0.1, -0.05) is 0 Å². The summed E-state index contributed by atoms with van der Waals surface area (Å²) < 4.78 is 5.11. The van der Waals surface area contributed by atoms with Crippen molar-refractivity contribution in [2.45, 2.75) is 39.7 Å². The summed E-state index contributed by atoms with van der Waals surface area (Å²) in [6.45, 7) is 5.81. The molecule has 4 nitrogen and oxygen atoms in total. The molecule has 18 heavy (non-hydrogen) atoms.